The first kappa shape index (κ1) is 15.4. The maximum Gasteiger partial charge on any atom is 0.276 e. The molecule has 1 aliphatic heterocycles. The summed E-state index contributed by atoms with van der Waals surface area (Å²) in [7, 11) is 0. The molecular weight excluding hydrogens is 318 g/mol. The molecule has 0 atom stereocenters. The van der Waals surface area contributed by atoms with E-state index in [0.717, 1.165) is 11.3 Å². The third kappa shape index (κ3) is 3.38. The highest BCUT2D eigenvalue weighted by Gasteiger charge is 2.33. The number of amides is 1. The number of benzene rings is 1. The summed E-state index contributed by atoms with van der Waals surface area (Å²) in [5, 5.41) is 3.91. The molecule has 4 rings (SSSR count). The number of hydrogen-bond acceptors (Lipinski definition) is 5. The minimum absolute atomic E-state index is 0.108. The lowest BCUT2D eigenvalue weighted by molar-refractivity contribution is 0.0383. The zero-order chi connectivity index (χ0) is 17.1. The molecule has 25 heavy (non-hydrogen) atoms. The Kier molecular flexibility index (Phi) is 4.16. The van der Waals surface area contributed by atoms with Gasteiger partial charge in [0, 0.05) is 36.8 Å². The summed E-state index contributed by atoms with van der Waals surface area (Å²) in [5.41, 5.74) is 1.24. The number of aromatic nitrogens is 2. The van der Waals surface area contributed by atoms with Gasteiger partial charge in [-0.3, -0.25) is 9.78 Å². The summed E-state index contributed by atoms with van der Waals surface area (Å²) < 4.78 is 11.0. The third-order valence-electron chi connectivity index (χ3n) is 4.15. The minimum Gasteiger partial charge on any atom is -0.492 e. The molecule has 0 unspecified atom stereocenters. The fourth-order valence-electron chi connectivity index (χ4n) is 2.76. The summed E-state index contributed by atoms with van der Waals surface area (Å²) in [4.78, 5) is 18.2. The molecule has 3 heterocycles. The van der Waals surface area contributed by atoms with Crippen LogP contribution in [0.1, 0.15) is 10.5 Å². The van der Waals surface area contributed by atoms with Crippen LogP contribution in [0.5, 0.6) is 5.75 Å². The van der Waals surface area contributed by atoms with Crippen LogP contribution in [0.2, 0.25) is 0 Å². The highest BCUT2D eigenvalue weighted by molar-refractivity contribution is 5.93. The number of rotatable bonds is 5. The first-order chi connectivity index (χ1) is 12.3. The van der Waals surface area contributed by atoms with Gasteiger partial charge in [-0.25, -0.2) is 0 Å². The molecule has 0 N–H and O–H groups in total. The van der Waals surface area contributed by atoms with Crippen LogP contribution < -0.4 is 4.74 Å². The standard InChI is InChI=1S/C19H17N3O3/c23-19(17-9-18(25-21-17)15-5-2-1-3-6-15)22-11-14(12-22)13-24-16-7-4-8-20-10-16/h1-10,14H,11-13H2. The van der Waals surface area contributed by atoms with Crippen molar-refractivity contribution in [3.8, 4) is 17.1 Å². The number of carbonyl (C=O) groups excluding carboxylic acids is 1. The van der Waals surface area contributed by atoms with E-state index < -0.39 is 0 Å². The van der Waals surface area contributed by atoms with Gasteiger partial charge in [-0.2, -0.15) is 0 Å². The molecule has 1 amide bonds. The monoisotopic (exact) mass is 335 g/mol. The number of carbonyl (C=O) groups is 1. The van der Waals surface area contributed by atoms with E-state index in [4.69, 9.17) is 9.26 Å². The van der Waals surface area contributed by atoms with Gasteiger partial charge in [0.05, 0.1) is 12.8 Å². The van der Waals surface area contributed by atoms with Crippen LogP contribution in [0.3, 0.4) is 0 Å². The summed E-state index contributed by atoms with van der Waals surface area (Å²) in [6, 6.07) is 15.0. The quantitative estimate of drug-likeness (QED) is 0.717. The van der Waals surface area contributed by atoms with Crippen LogP contribution in [0.15, 0.2) is 65.4 Å². The lowest BCUT2D eigenvalue weighted by atomic mass is 10.0. The Bertz CT molecular complexity index is 843. The van der Waals surface area contributed by atoms with E-state index in [1.54, 1.807) is 23.4 Å². The van der Waals surface area contributed by atoms with Crippen molar-refractivity contribution in [3.63, 3.8) is 0 Å². The molecule has 126 valence electrons. The molecule has 3 aromatic rings. The van der Waals surface area contributed by atoms with Crippen LogP contribution in [-0.4, -0.2) is 40.6 Å². The Morgan fingerprint density at radius 2 is 2.04 bits per heavy atom. The lowest BCUT2D eigenvalue weighted by Crippen LogP contribution is -2.52. The van der Waals surface area contributed by atoms with Crippen molar-refractivity contribution in [3.05, 3.63) is 66.6 Å². The Morgan fingerprint density at radius 1 is 1.20 bits per heavy atom. The SMILES string of the molecule is O=C(c1cc(-c2ccccc2)on1)N1CC(COc2cccnc2)C1. The van der Waals surface area contributed by atoms with Gasteiger partial charge in [0.25, 0.3) is 5.91 Å². The predicted molar refractivity (Wildman–Crippen MR) is 91.1 cm³/mol. The van der Waals surface area contributed by atoms with Gasteiger partial charge in [-0.15, -0.1) is 0 Å². The van der Waals surface area contributed by atoms with Crippen molar-refractivity contribution in [2.75, 3.05) is 19.7 Å². The van der Waals surface area contributed by atoms with E-state index in [1.807, 2.05) is 42.5 Å². The van der Waals surface area contributed by atoms with Gasteiger partial charge >= 0.3 is 0 Å². The summed E-state index contributed by atoms with van der Waals surface area (Å²) in [5.74, 6) is 1.56. The predicted octanol–water partition coefficient (Wildman–Crippen LogP) is 2.89. The zero-order valence-corrected chi connectivity index (χ0v) is 13.5. The van der Waals surface area contributed by atoms with Gasteiger partial charge < -0.3 is 14.2 Å². The molecule has 0 bridgehead atoms. The number of hydrogen-bond donors (Lipinski definition) is 0. The minimum atomic E-state index is -0.108. The van der Waals surface area contributed by atoms with Crippen molar-refractivity contribution in [1.29, 1.82) is 0 Å². The summed E-state index contributed by atoms with van der Waals surface area (Å²) in [6.07, 6.45) is 3.39. The summed E-state index contributed by atoms with van der Waals surface area (Å²) >= 11 is 0. The van der Waals surface area contributed by atoms with Crippen molar-refractivity contribution in [2.24, 2.45) is 5.92 Å². The molecular formula is C19H17N3O3. The Morgan fingerprint density at radius 3 is 2.80 bits per heavy atom. The second kappa shape index (κ2) is 6.76. The molecule has 0 spiro atoms. The summed E-state index contributed by atoms with van der Waals surface area (Å²) in [6.45, 7) is 1.89. The smallest absolute Gasteiger partial charge is 0.276 e. The topological polar surface area (TPSA) is 68.5 Å². The van der Waals surface area contributed by atoms with E-state index in [9.17, 15) is 4.79 Å². The van der Waals surface area contributed by atoms with Crippen LogP contribution in [0, 0.1) is 5.92 Å². The molecule has 6 nitrogen and oxygen atoms in total. The van der Waals surface area contributed by atoms with Crippen LogP contribution in [0.4, 0.5) is 0 Å². The number of nitrogens with zero attached hydrogens (tertiary/aromatic N) is 3. The van der Waals surface area contributed by atoms with E-state index in [1.165, 1.54) is 0 Å². The molecule has 1 aliphatic rings. The molecule has 6 heteroatoms. The average molecular weight is 335 g/mol. The molecule has 0 aliphatic carbocycles. The molecule has 1 aromatic carbocycles. The van der Waals surface area contributed by atoms with Gasteiger partial charge in [0.2, 0.25) is 0 Å². The molecule has 1 saturated heterocycles. The Labute approximate surface area is 145 Å². The van der Waals surface area contributed by atoms with Crippen molar-refractivity contribution in [2.45, 2.75) is 0 Å². The van der Waals surface area contributed by atoms with Crippen molar-refractivity contribution < 1.29 is 14.1 Å². The molecule has 0 radical (unpaired) electrons. The van der Waals surface area contributed by atoms with Gasteiger partial charge in [-0.1, -0.05) is 35.5 Å². The highest BCUT2D eigenvalue weighted by atomic mass is 16.5. The fourth-order valence-corrected chi connectivity index (χ4v) is 2.76. The van der Waals surface area contributed by atoms with E-state index in [2.05, 4.69) is 10.1 Å². The van der Waals surface area contributed by atoms with E-state index >= 15 is 0 Å². The zero-order valence-electron chi connectivity index (χ0n) is 13.5. The molecule has 2 aromatic heterocycles. The normalized spacial score (nSPS) is 14.2. The van der Waals surface area contributed by atoms with Crippen molar-refractivity contribution in [1.82, 2.24) is 15.0 Å². The van der Waals surface area contributed by atoms with E-state index in [-0.39, 0.29) is 5.91 Å². The first-order valence-electron chi connectivity index (χ1n) is 8.14. The van der Waals surface area contributed by atoms with Crippen molar-refractivity contribution >= 4 is 5.91 Å². The number of likely N-dealkylation sites (tertiary alicyclic amines) is 1. The fraction of sp³-hybridized carbons (Fsp3) is 0.211. The van der Waals surface area contributed by atoms with Crippen LogP contribution in [0.25, 0.3) is 11.3 Å². The lowest BCUT2D eigenvalue weighted by Gasteiger charge is -2.38. The third-order valence-corrected chi connectivity index (χ3v) is 4.15. The van der Waals surface area contributed by atoms with Crippen LogP contribution >= 0.6 is 0 Å². The second-order valence-electron chi connectivity index (χ2n) is 6.02. The van der Waals surface area contributed by atoms with E-state index in [0.29, 0.717) is 37.1 Å². The largest absolute Gasteiger partial charge is 0.492 e. The molecule has 1 fully saturated rings. The first-order valence-corrected chi connectivity index (χ1v) is 8.14. The van der Waals surface area contributed by atoms with Gasteiger partial charge in [0.15, 0.2) is 11.5 Å². The van der Waals surface area contributed by atoms with Crippen LogP contribution in [-0.2, 0) is 0 Å². The van der Waals surface area contributed by atoms with Gasteiger partial charge in [0.1, 0.15) is 5.75 Å². The number of pyridine rings is 1. The number of ether oxygens (including phenoxy) is 1. The second-order valence-corrected chi connectivity index (χ2v) is 6.02. The Hall–Kier alpha value is -3.15. The molecule has 0 saturated carbocycles. The maximum absolute atomic E-state index is 12.4. The average Bonchev–Trinajstić information content (AvgIpc) is 3.12. The Balaban J connectivity index is 1.31. The highest BCUT2D eigenvalue weighted by Crippen LogP contribution is 2.23. The maximum atomic E-state index is 12.4. The van der Waals surface area contributed by atoms with Gasteiger partial charge in [-0.05, 0) is 12.1 Å².